The molecule has 0 aromatic heterocycles. The van der Waals surface area contributed by atoms with Crippen LogP contribution in [0.1, 0.15) is 51.2 Å². The number of carbonyl (C=O) groups is 1. The molecule has 0 atom stereocenters. The molecule has 0 radical (unpaired) electrons. The van der Waals surface area contributed by atoms with Gasteiger partial charge in [0.25, 0.3) is 0 Å². The van der Waals surface area contributed by atoms with Crippen LogP contribution < -0.4 is 0 Å². The summed E-state index contributed by atoms with van der Waals surface area (Å²) in [5.74, 6) is 0.373. The third kappa shape index (κ3) is 8.96. The van der Waals surface area contributed by atoms with E-state index in [4.69, 9.17) is 13.8 Å². The van der Waals surface area contributed by atoms with Crippen LogP contribution in [0.3, 0.4) is 0 Å². The number of ether oxygens (including phenoxy) is 1. The number of nitrogens with zero attached hydrogens (tertiary/aromatic N) is 1. The molecule has 1 saturated heterocycles. The van der Waals surface area contributed by atoms with Gasteiger partial charge in [-0.3, -0.25) is 4.57 Å². The van der Waals surface area contributed by atoms with E-state index < -0.39 is 13.2 Å². The zero-order chi connectivity index (χ0) is 23.7. The van der Waals surface area contributed by atoms with Crippen LogP contribution in [0.5, 0.6) is 0 Å². The maximum absolute atomic E-state index is 13.6. The maximum atomic E-state index is 13.6. The van der Waals surface area contributed by atoms with Gasteiger partial charge in [-0.15, -0.1) is 0 Å². The summed E-state index contributed by atoms with van der Waals surface area (Å²) in [5, 5.41) is 0. The highest BCUT2D eigenvalue weighted by molar-refractivity contribution is 7.53. The van der Waals surface area contributed by atoms with Crippen LogP contribution in [0.4, 0.5) is 4.79 Å². The lowest BCUT2D eigenvalue weighted by atomic mass is 9.95. The predicted octanol–water partition coefficient (Wildman–Crippen LogP) is 6.65. The van der Waals surface area contributed by atoms with Crippen LogP contribution in [-0.2, 0) is 31.6 Å². The van der Waals surface area contributed by atoms with Gasteiger partial charge in [-0.2, -0.15) is 0 Å². The Kier molecular flexibility index (Phi) is 9.13. The van der Waals surface area contributed by atoms with Crippen molar-refractivity contribution in [1.29, 1.82) is 0 Å². The Hall–Kier alpha value is -2.14. The van der Waals surface area contributed by atoms with Crippen molar-refractivity contribution in [3.63, 3.8) is 0 Å². The molecule has 2 aromatic carbocycles. The Morgan fingerprint density at radius 3 is 1.85 bits per heavy atom. The van der Waals surface area contributed by atoms with E-state index in [1.165, 1.54) is 0 Å². The molecule has 2 aromatic rings. The third-order valence-corrected chi connectivity index (χ3v) is 7.47. The second-order valence-corrected chi connectivity index (χ2v) is 11.7. The van der Waals surface area contributed by atoms with E-state index in [0.29, 0.717) is 25.2 Å². The summed E-state index contributed by atoms with van der Waals surface area (Å²) in [6, 6.07) is 19.4. The first-order valence-corrected chi connectivity index (χ1v) is 13.4. The molecule has 1 amide bonds. The highest BCUT2D eigenvalue weighted by Gasteiger charge is 2.30. The van der Waals surface area contributed by atoms with Gasteiger partial charge in [-0.25, -0.2) is 4.79 Å². The second kappa shape index (κ2) is 11.8. The smallest absolute Gasteiger partial charge is 0.410 e. The third-order valence-electron chi connectivity index (χ3n) is 5.62. The Labute approximate surface area is 197 Å². The molecule has 0 N–H and O–H groups in total. The van der Waals surface area contributed by atoms with Gasteiger partial charge in [-0.1, -0.05) is 60.7 Å². The molecule has 0 unspecified atom stereocenters. The zero-order valence-electron chi connectivity index (χ0n) is 19.9. The first kappa shape index (κ1) is 25.5. The topological polar surface area (TPSA) is 65.1 Å². The average molecular weight is 474 g/mol. The van der Waals surface area contributed by atoms with Crippen molar-refractivity contribution in [3.8, 4) is 0 Å². The van der Waals surface area contributed by atoms with E-state index >= 15 is 0 Å². The zero-order valence-corrected chi connectivity index (χ0v) is 20.8. The monoisotopic (exact) mass is 473 g/mol. The van der Waals surface area contributed by atoms with Gasteiger partial charge in [-0.05, 0) is 57.1 Å². The highest BCUT2D eigenvalue weighted by Crippen LogP contribution is 2.51. The van der Waals surface area contributed by atoms with Crippen molar-refractivity contribution < 1.29 is 23.1 Å². The van der Waals surface area contributed by atoms with E-state index in [0.717, 1.165) is 30.4 Å². The van der Waals surface area contributed by atoms with Gasteiger partial charge >= 0.3 is 13.7 Å². The highest BCUT2D eigenvalue weighted by atomic mass is 31.2. The Bertz CT molecular complexity index is 858. The molecule has 1 fully saturated rings. The van der Waals surface area contributed by atoms with E-state index in [-0.39, 0.29) is 19.3 Å². The van der Waals surface area contributed by atoms with Gasteiger partial charge in [0.2, 0.25) is 0 Å². The summed E-state index contributed by atoms with van der Waals surface area (Å²) < 4.78 is 30.9. The summed E-state index contributed by atoms with van der Waals surface area (Å²) in [6.07, 6.45) is 2.56. The SMILES string of the molecule is CC(C)(C)OC(=O)N1CCC(CCP(=O)(OCc2ccccc2)OCc2ccccc2)CC1. The molecule has 1 aliphatic rings. The van der Waals surface area contributed by atoms with E-state index in [1.807, 2.05) is 81.4 Å². The van der Waals surface area contributed by atoms with Crippen LogP contribution >= 0.6 is 7.60 Å². The minimum absolute atomic E-state index is 0.254. The average Bonchev–Trinajstić information content (AvgIpc) is 2.81. The molecule has 3 rings (SSSR count). The summed E-state index contributed by atoms with van der Waals surface area (Å²) in [6.45, 7) is 7.44. The van der Waals surface area contributed by atoms with Crippen LogP contribution in [0.2, 0.25) is 0 Å². The maximum Gasteiger partial charge on any atom is 0.410 e. The molecule has 33 heavy (non-hydrogen) atoms. The van der Waals surface area contributed by atoms with Crippen molar-refractivity contribution in [2.24, 2.45) is 5.92 Å². The fourth-order valence-electron chi connectivity index (χ4n) is 3.73. The minimum Gasteiger partial charge on any atom is -0.444 e. The normalized spacial score (nSPS) is 15.4. The molecule has 1 heterocycles. The molecule has 7 heteroatoms. The molecule has 6 nitrogen and oxygen atoms in total. The predicted molar refractivity (Wildman–Crippen MR) is 130 cm³/mol. The molecular formula is C26H36NO5P. The number of hydrogen-bond donors (Lipinski definition) is 0. The number of hydrogen-bond acceptors (Lipinski definition) is 5. The summed E-state index contributed by atoms with van der Waals surface area (Å²) in [4.78, 5) is 14.1. The van der Waals surface area contributed by atoms with Gasteiger partial charge in [0, 0.05) is 13.1 Å². The van der Waals surface area contributed by atoms with Crippen LogP contribution in [0, 0.1) is 5.92 Å². The standard InChI is InChI=1S/C26H36NO5P/c1-26(2,3)32-25(28)27-17-14-22(15-18-27)16-19-33(29,30-20-23-10-6-4-7-11-23)31-21-24-12-8-5-9-13-24/h4-13,22H,14-21H2,1-3H3. The number of rotatable bonds is 9. The van der Waals surface area contributed by atoms with Crippen molar-refractivity contribution in [3.05, 3.63) is 71.8 Å². The molecule has 1 aliphatic heterocycles. The van der Waals surface area contributed by atoms with E-state index in [1.54, 1.807) is 4.90 Å². The van der Waals surface area contributed by atoms with Crippen molar-refractivity contribution >= 4 is 13.7 Å². The minimum atomic E-state index is -3.28. The molecule has 180 valence electrons. The lowest BCUT2D eigenvalue weighted by molar-refractivity contribution is 0.0182. The number of piperidine rings is 1. The van der Waals surface area contributed by atoms with E-state index in [2.05, 4.69) is 0 Å². The molecule has 0 saturated carbocycles. The molecular weight excluding hydrogens is 437 g/mol. The Morgan fingerprint density at radius 1 is 0.909 bits per heavy atom. The van der Waals surface area contributed by atoms with Gasteiger partial charge in [0.15, 0.2) is 0 Å². The summed E-state index contributed by atoms with van der Waals surface area (Å²) in [7, 11) is -3.28. The van der Waals surface area contributed by atoms with E-state index in [9.17, 15) is 9.36 Å². The number of benzene rings is 2. The van der Waals surface area contributed by atoms with Gasteiger partial charge in [0.05, 0.1) is 19.4 Å². The lowest BCUT2D eigenvalue weighted by Gasteiger charge is -2.33. The fourth-order valence-corrected chi connectivity index (χ4v) is 5.44. The molecule has 0 bridgehead atoms. The van der Waals surface area contributed by atoms with Crippen molar-refractivity contribution in [2.45, 2.75) is 58.8 Å². The largest absolute Gasteiger partial charge is 0.444 e. The quantitative estimate of drug-likeness (QED) is 0.382. The first-order valence-electron chi connectivity index (χ1n) is 11.7. The summed E-state index contributed by atoms with van der Waals surface area (Å²) >= 11 is 0. The van der Waals surface area contributed by atoms with Crippen LogP contribution in [-0.4, -0.2) is 35.8 Å². The Morgan fingerprint density at radius 2 is 1.39 bits per heavy atom. The summed E-state index contributed by atoms with van der Waals surface area (Å²) in [5.41, 5.74) is 1.44. The molecule has 0 aliphatic carbocycles. The molecule has 0 spiro atoms. The number of carbonyl (C=O) groups excluding carboxylic acids is 1. The van der Waals surface area contributed by atoms with Gasteiger partial charge in [0.1, 0.15) is 5.60 Å². The van der Waals surface area contributed by atoms with Crippen molar-refractivity contribution in [1.82, 2.24) is 4.90 Å². The Balaban J connectivity index is 1.53. The number of likely N-dealkylation sites (tertiary alicyclic amines) is 1. The second-order valence-electron chi connectivity index (χ2n) is 9.55. The first-order chi connectivity index (χ1) is 15.7. The van der Waals surface area contributed by atoms with Gasteiger partial charge < -0.3 is 18.7 Å². The van der Waals surface area contributed by atoms with Crippen molar-refractivity contribution in [2.75, 3.05) is 19.3 Å². The number of amides is 1. The lowest BCUT2D eigenvalue weighted by Crippen LogP contribution is -2.41. The fraction of sp³-hybridized carbons (Fsp3) is 0.500. The van der Waals surface area contributed by atoms with Crippen LogP contribution in [0.15, 0.2) is 60.7 Å². The van der Waals surface area contributed by atoms with Crippen LogP contribution in [0.25, 0.3) is 0 Å².